The van der Waals surface area contributed by atoms with Gasteiger partial charge < -0.3 is 14.6 Å². The first kappa shape index (κ1) is 19.3. The van der Waals surface area contributed by atoms with Gasteiger partial charge in [0.2, 0.25) is 0 Å². The van der Waals surface area contributed by atoms with Crippen molar-refractivity contribution in [3.05, 3.63) is 95.3 Å². The Hall–Kier alpha value is -3.44. The van der Waals surface area contributed by atoms with Gasteiger partial charge in [-0.2, -0.15) is 0 Å². The molecule has 6 rings (SSSR count). The van der Waals surface area contributed by atoms with E-state index in [4.69, 9.17) is 4.74 Å². The van der Waals surface area contributed by atoms with Crippen molar-refractivity contribution in [2.75, 3.05) is 13.2 Å². The molecule has 4 aromatic rings. The summed E-state index contributed by atoms with van der Waals surface area (Å²) in [5.74, 6) is -0.232. The van der Waals surface area contributed by atoms with Crippen molar-refractivity contribution in [2.45, 2.75) is 25.0 Å². The lowest BCUT2D eigenvalue weighted by Crippen LogP contribution is -2.35. The predicted octanol–water partition coefficient (Wildman–Crippen LogP) is 5.70. The number of para-hydroxylation sites is 1. The van der Waals surface area contributed by atoms with Gasteiger partial charge in [-0.25, -0.2) is 4.39 Å². The van der Waals surface area contributed by atoms with Gasteiger partial charge in [-0.3, -0.25) is 4.79 Å². The SMILES string of the molecule is O=C1c2ccccc2[C@H](c2c(-c3ccc(F)cc3)[nH]c3ccccc23)N1C[C@H]1CCCO1. The minimum atomic E-state index is -0.271. The molecule has 1 fully saturated rings. The molecule has 2 aliphatic rings. The van der Waals surface area contributed by atoms with E-state index in [0.29, 0.717) is 6.54 Å². The van der Waals surface area contributed by atoms with Crippen molar-refractivity contribution < 1.29 is 13.9 Å². The van der Waals surface area contributed by atoms with E-state index in [2.05, 4.69) is 11.1 Å². The first-order chi connectivity index (χ1) is 15.7. The molecule has 1 amide bonds. The number of nitrogens with zero attached hydrogens (tertiary/aromatic N) is 1. The first-order valence-corrected chi connectivity index (χ1v) is 11.1. The van der Waals surface area contributed by atoms with Gasteiger partial charge in [-0.05, 0) is 60.4 Å². The van der Waals surface area contributed by atoms with Crippen LogP contribution in [0.5, 0.6) is 0 Å². The number of carbonyl (C=O) groups is 1. The number of aromatic amines is 1. The van der Waals surface area contributed by atoms with Crippen LogP contribution in [-0.2, 0) is 4.74 Å². The lowest BCUT2D eigenvalue weighted by Gasteiger charge is -2.28. The van der Waals surface area contributed by atoms with E-state index in [-0.39, 0.29) is 23.9 Å². The average Bonchev–Trinajstić information content (AvgIpc) is 3.53. The van der Waals surface area contributed by atoms with Crippen molar-refractivity contribution in [3.63, 3.8) is 0 Å². The summed E-state index contributed by atoms with van der Waals surface area (Å²) in [6.07, 6.45) is 2.04. The summed E-state index contributed by atoms with van der Waals surface area (Å²) in [5, 5.41) is 1.07. The van der Waals surface area contributed by atoms with E-state index in [0.717, 1.165) is 58.3 Å². The third-order valence-electron chi connectivity index (χ3n) is 6.64. The molecule has 1 N–H and O–H groups in total. The highest BCUT2D eigenvalue weighted by Crippen LogP contribution is 2.45. The molecule has 0 spiro atoms. The molecule has 3 heterocycles. The van der Waals surface area contributed by atoms with Gasteiger partial charge in [0.25, 0.3) is 5.91 Å². The van der Waals surface area contributed by atoms with Crippen molar-refractivity contribution >= 4 is 16.8 Å². The van der Waals surface area contributed by atoms with E-state index >= 15 is 0 Å². The number of carbonyl (C=O) groups excluding carboxylic acids is 1. The van der Waals surface area contributed by atoms with Crippen LogP contribution < -0.4 is 0 Å². The number of hydrogen-bond donors (Lipinski definition) is 1. The Bertz CT molecular complexity index is 1300. The zero-order valence-corrected chi connectivity index (χ0v) is 17.6. The van der Waals surface area contributed by atoms with Crippen molar-refractivity contribution in [1.82, 2.24) is 9.88 Å². The number of halogens is 1. The van der Waals surface area contributed by atoms with Gasteiger partial charge in [-0.1, -0.05) is 36.4 Å². The first-order valence-electron chi connectivity index (χ1n) is 11.1. The second-order valence-corrected chi connectivity index (χ2v) is 8.55. The third kappa shape index (κ3) is 3.04. The van der Waals surface area contributed by atoms with Gasteiger partial charge in [0.05, 0.1) is 17.8 Å². The Morgan fingerprint density at radius 3 is 2.59 bits per heavy atom. The number of hydrogen-bond acceptors (Lipinski definition) is 2. The molecule has 2 aliphatic heterocycles. The molecule has 3 aromatic carbocycles. The molecule has 1 saturated heterocycles. The minimum absolute atomic E-state index is 0.0384. The second-order valence-electron chi connectivity index (χ2n) is 8.55. The maximum absolute atomic E-state index is 13.7. The van der Waals surface area contributed by atoms with Gasteiger partial charge in [0.15, 0.2) is 0 Å². The smallest absolute Gasteiger partial charge is 0.255 e. The molecule has 4 nitrogen and oxygen atoms in total. The predicted molar refractivity (Wildman–Crippen MR) is 122 cm³/mol. The lowest BCUT2D eigenvalue weighted by molar-refractivity contribution is 0.0501. The Balaban J connectivity index is 1.57. The summed E-state index contributed by atoms with van der Waals surface area (Å²) >= 11 is 0. The third-order valence-corrected chi connectivity index (χ3v) is 6.64. The molecule has 2 atom stereocenters. The molecule has 0 aliphatic carbocycles. The summed E-state index contributed by atoms with van der Waals surface area (Å²) < 4.78 is 19.6. The maximum atomic E-state index is 13.7. The van der Waals surface area contributed by atoms with E-state index in [1.54, 1.807) is 12.1 Å². The summed E-state index contributed by atoms with van der Waals surface area (Å²) in [6.45, 7) is 1.30. The van der Waals surface area contributed by atoms with Gasteiger partial charge in [0, 0.05) is 35.2 Å². The number of ether oxygens (including phenoxy) is 1. The molecule has 160 valence electrons. The van der Waals surface area contributed by atoms with Gasteiger partial charge in [0.1, 0.15) is 5.82 Å². The van der Waals surface area contributed by atoms with Crippen LogP contribution in [0.3, 0.4) is 0 Å². The molecule has 0 bridgehead atoms. The van der Waals surface area contributed by atoms with E-state index in [1.807, 2.05) is 47.4 Å². The molecule has 32 heavy (non-hydrogen) atoms. The Labute approximate surface area is 185 Å². The van der Waals surface area contributed by atoms with E-state index < -0.39 is 0 Å². The molecular formula is C27H23FN2O2. The van der Waals surface area contributed by atoms with Gasteiger partial charge in [-0.15, -0.1) is 0 Å². The quantitative estimate of drug-likeness (QED) is 0.455. The fraction of sp³-hybridized carbons (Fsp3) is 0.222. The van der Waals surface area contributed by atoms with Gasteiger partial charge >= 0.3 is 0 Å². The average molecular weight is 426 g/mol. The number of amides is 1. The largest absolute Gasteiger partial charge is 0.376 e. The zero-order chi connectivity index (χ0) is 21.7. The summed E-state index contributed by atoms with van der Waals surface area (Å²) in [7, 11) is 0. The van der Waals surface area contributed by atoms with Crippen LogP contribution in [0.15, 0.2) is 72.8 Å². The number of nitrogens with one attached hydrogen (secondary N) is 1. The Morgan fingerprint density at radius 1 is 1.00 bits per heavy atom. The van der Waals surface area contributed by atoms with Crippen LogP contribution in [0.25, 0.3) is 22.2 Å². The van der Waals surface area contributed by atoms with Crippen LogP contribution in [0.4, 0.5) is 4.39 Å². The van der Waals surface area contributed by atoms with E-state index in [1.165, 1.54) is 12.1 Å². The van der Waals surface area contributed by atoms with Crippen molar-refractivity contribution in [2.24, 2.45) is 0 Å². The second kappa shape index (κ2) is 7.61. The maximum Gasteiger partial charge on any atom is 0.255 e. The van der Waals surface area contributed by atoms with Crippen molar-refractivity contribution in [1.29, 1.82) is 0 Å². The van der Waals surface area contributed by atoms with E-state index in [9.17, 15) is 9.18 Å². The zero-order valence-electron chi connectivity index (χ0n) is 17.6. The molecule has 5 heteroatoms. The normalized spacial score (nSPS) is 20.3. The number of aromatic nitrogens is 1. The highest BCUT2D eigenvalue weighted by atomic mass is 19.1. The molecule has 1 aromatic heterocycles. The Kier molecular flexibility index (Phi) is 4.58. The highest BCUT2D eigenvalue weighted by molar-refractivity contribution is 6.02. The summed E-state index contributed by atoms with van der Waals surface area (Å²) in [6, 6.07) is 22.3. The lowest BCUT2D eigenvalue weighted by atomic mass is 9.93. The highest BCUT2D eigenvalue weighted by Gasteiger charge is 2.41. The van der Waals surface area contributed by atoms with Crippen LogP contribution >= 0.6 is 0 Å². The van der Waals surface area contributed by atoms with Crippen LogP contribution in [0.1, 0.15) is 40.4 Å². The standard InChI is InChI=1S/C27H23FN2O2/c28-18-13-11-17(12-14-18)25-24(22-9-3-4-10-23(22)29-25)26-20-7-1-2-8-21(20)27(31)30(26)16-19-6-5-15-32-19/h1-4,7-14,19,26,29H,5-6,15-16H2/t19-,26-/m1/s1. The minimum Gasteiger partial charge on any atom is -0.376 e. The van der Waals surface area contributed by atoms with Crippen LogP contribution in [-0.4, -0.2) is 35.0 Å². The van der Waals surface area contributed by atoms with Crippen molar-refractivity contribution in [3.8, 4) is 11.3 Å². The number of fused-ring (bicyclic) bond motifs is 2. The Morgan fingerprint density at radius 2 is 1.78 bits per heavy atom. The monoisotopic (exact) mass is 426 g/mol. The number of H-pyrrole nitrogens is 1. The topological polar surface area (TPSA) is 45.3 Å². The fourth-order valence-corrected chi connectivity index (χ4v) is 5.17. The summed E-state index contributed by atoms with van der Waals surface area (Å²) in [5.41, 5.74) is 5.60. The van der Waals surface area contributed by atoms with Crippen LogP contribution in [0.2, 0.25) is 0 Å². The van der Waals surface area contributed by atoms with Crippen LogP contribution in [0, 0.1) is 5.82 Å². The molecule has 0 unspecified atom stereocenters. The molecule has 0 radical (unpaired) electrons. The number of rotatable bonds is 4. The molecular weight excluding hydrogens is 403 g/mol. The summed E-state index contributed by atoms with van der Waals surface area (Å²) in [4.78, 5) is 19.0. The molecule has 0 saturated carbocycles. The number of benzene rings is 3. The fourth-order valence-electron chi connectivity index (χ4n) is 5.17.